The van der Waals surface area contributed by atoms with Crippen LogP contribution in [-0.4, -0.2) is 17.2 Å². The minimum absolute atomic E-state index is 0.128. The van der Waals surface area contributed by atoms with E-state index in [1.54, 1.807) is 6.92 Å². The van der Waals surface area contributed by atoms with Gasteiger partial charge in [-0.05, 0) is 26.2 Å². The van der Waals surface area contributed by atoms with Crippen molar-refractivity contribution in [2.75, 3.05) is 0 Å². The summed E-state index contributed by atoms with van der Waals surface area (Å²) < 4.78 is 4.95. The van der Waals surface area contributed by atoms with Crippen molar-refractivity contribution >= 4 is 5.97 Å². The SMILES string of the molecule is C#CCCCCCCCCCCC1=C(O)C(C)OC1=O. The second-order valence-corrected chi connectivity index (χ2v) is 5.44. The molecule has 0 radical (unpaired) electrons. The summed E-state index contributed by atoms with van der Waals surface area (Å²) in [7, 11) is 0. The predicted octanol–water partition coefficient (Wildman–Crippen LogP) is 4.28. The van der Waals surface area contributed by atoms with Gasteiger partial charge >= 0.3 is 5.97 Å². The van der Waals surface area contributed by atoms with Crippen LogP contribution in [0.15, 0.2) is 11.3 Å². The van der Waals surface area contributed by atoms with Crippen LogP contribution in [0.25, 0.3) is 0 Å². The zero-order chi connectivity index (χ0) is 14.8. The lowest BCUT2D eigenvalue weighted by atomic mass is 10.0. The van der Waals surface area contributed by atoms with Crippen molar-refractivity contribution in [3.8, 4) is 12.3 Å². The van der Waals surface area contributed by atoms with E-state index in [9.17, 15) is 9.90 Å². The third kappa shape index (κ3) is 5.69. The van der Waals surface area contributed by atoms with Gasteiger partial charge in [-0.15, -0.1) is 12.3 Å². The molecule has 0 saturated heterocycles. The van der Waals surface area contributed by atoms with E-state index >= 15 is 0 Å². The molecule has 3 heteroatoms. The van der Waals surface area contributed by atoms with E-state index in [1.165, 1.54) is 32.1 Å². The summed E-state index contributed by atoms with van der Waals surface area (Å²) in [6.45, 7) is 1.69. The summed E-state index contributed by atoms with van der Waals surface area (Å²) in [5.41, 5.74) is 0.479. The molecule has 112 valence electrons. The molecular weight excluding hydrogens is 252 g/mol. The van der Waals surface area contributed by atoms with Gasteiger partial charge in [0.15, 0.2) is 6.10 Å². The van der Waals surface area contributed by atoms with Crippen molar-refractivity contribution in [3.63, 3.8) is 0 Å². The van der Waals surface area contributed by atoms with E-state index in [0.29, 0.717) is 12.0 Å². The standard InChI is InChI=1S/C17H26O3/c1-3-4-5-6-7-8-9-10-11-12-13-15-16(18)14(2)20-17(15)19/h1,14,18H,4-13H2,2H3. The number of hydrogen-bond donors (Lipinski definition) is 1. The Morgan fingerprint density at radius 3 is 2.15 bits per heavy atom. The zero-order valence-corrected chi connectivity index (χ0v) is 12.5. The molecule has 0 aromatic carbocycles. The minimum atomic E-state index is -0.458. The lowest BCUT2D eigenvalue weighted by Crippen LogP contribution is -2.05. The number of cyclic esters (lactones) is 1. The first-order valence-electron chi connectivity index (χ1n) is 7.73. The highest BCUT2D eigenvalue weighted by molar-refractivity contribution is 5.91. The molecule has 1 rings (SSSR count). The van der Waals surface area contributed by atoms with Crippen molar-refractivity contribution in [2.45, 2.75) is 77.2 Å². The van der Waals surface area contributed by atoms with Crippen LogP contribution in [0.5, 0.6) is 0 Å². The number of unbranched alkanes of at least 4 members (excludes halogenated alkanes) is 8. The Morgan fingerprint density at radius 1 is 1.10 bits per heavy atom. The summed E-state index contributed by atoms with van der Waals surface area (Å²) in [6.07, 6.45) is 15.6. The van der Waals surface area contributed by atoms with Gasteiger partial charge in [0.2, 0.25) is 0 Å². The Kier molecular flexibility index (Phi) is 7.87. The molecule has 1 atom stereocenters. The van der Waals surface area contributed by atoms with Gasteiger partial charge in [-0.1, -0.05) is 38.5 Å². The van der Waals surface area contributed by atoms with Gasteiger partial charge in [-0.3, -0.25) is 0 Å². The number of rotatable bonds is 10. The molecule has 0 amide bonds. The summed E-state index contributed by atoms with van der Waals surface area (Å²) in [5, 5.41) is 9.69. The highest BCUT2D eigenvalue weighted by atomic mass is 16.6. The van der Waals surface area contributed by atoms with Gasteiger partial charge in [0.25, 0.3) is 0 Å². The fraction of sp³-hybridized carbons (Fsp3) is 0.706. The van der Waals surface area contributed by atoms with Gasteiger partial charge < -0.3 is 9.84 Å². The van der Waals surface area contributed by atoms with E-state index in [1.807, 2.05) is 0 Å². The Morgan fingerprint density at radius 2 is 1.65 bits per heavy atom. The molecule has 0 aliphatic carbocycles. The summed E-state index contributed by atoms with van der Waals surface area (Å²) in [5.74, 6) is 2.45. The van der Waals surface area contributed by atoms with Crippen molar-refractivity contribution < 1.29 is 14.6 Å². The second kappa shape index (κ2) is 9.47. The first-order chi connectivity index (χ1) is 9.66. The maximum atomic E-state index is 11.4. The number of carbonyl (C=O) groups excluding carboxylic acids is 1. The van der Waals surface area contributed by atoms with Gasteiger partial charge in [-0.25, -0.2) is 4.79 Å². The molecule has 1 aliphatic rings. The van der Waals surface area contributed by atoms with Gasteiger partial charge in [0, 0.05) is 6.42 Å². The molecule has 0 aromatic heterocycles. The molecule has 1 aliphatic heterocycles. The van der Waals surface area contributed by atoms with Crippen LogP contribution in [0.1, 0.15) is 71.1 Å². The highest BCUT2D eigenvalue weighted by Gasteiger charge is 2.30. The lowest BCUT2D eigenvalue weighted by molar-refractivity contribution is -0.139. The molecule has 20 heavy (non-hydrogen) atoms. The van der Waals surface area contributed by atoms with Crippen LogP contribution in [-0.2, 0) is 9.53 Å². The Balaban J connectivity index is 1.98. The molecule has 0 aromatic rings. The van der Waals surface area contributed by atoms with Gasteiger partial charge in [0.1, 0.15) is 5.76 Å². The normalized spacial score (nSPS) is 18.2. The van der Waals surface area contributed by atoms with Crippen LogP contribution in [0.4, 0.5) is 0 Å². The molecule has 0 bridgehead atoms. The third-order valence-electron chi connectivity index (χ3n) is 3.72. The molecule has 0 saturated carbocycles. The average molecular weight is 278 g/mol. The molecule has 1 unspecified atom stereocenters. The zero-order valence-electron chi connectivity index (χ0n) is 12.5. The van der Waals surface area contributed by atoms with Crippen LogP contribution in [0.2, 0.25) is 0 Å². The summed E-state index contributed by atoms with van der Waals surface area (Å²) >= 11 is 0. The molecule has 1 heterocycles. The summed E-state index contributed by atoms with van der Waals surface area (Å²) in [6, 6.07) is 0. The maximum Gasteiger partial charge on any atom is 0.338 e. The molecular formula is C17H26O3. The number of terminal acetylenes is 1. The fourth-order valence-corrected chi connectivity index (χ4v) is 2.46. The van der Waals surface area contributed by atoms with Crippen molar-refractivity contribution in [3.05, 3.63) is 11.3 Å². The molecule has 0 spiro atoms. The first kappa shape index (κ1) is 16.6. The van der Waals surface area contributed by atoms with E-state index in [0.717, 1.165) is 25.7 Å². The average Bonchev–Trinajstić information content (AvgIpc) is 2.67. The van der Waals surface area contributed by atoms with Crippen LogP contribution >= 0.6 is 0 Å². The highest BCUT2D eigenvalue weighted by Crippen LogP contribution is 2.24. The van der Waals surface area contributed by atoms with E-state index in [-0.39, 0.29) is 11.7 Å². The van der Waals surface area contributed by atoms with E-state index in [4.69, 9.17) is 11.2 Å². The van der Waals surface area contributed by atoms with Crippen molar-refractivity contribution in [1.82, 2.24) is 0 Å². The Bertz CT molecular complexity index is 376. The predicted molar refractivity (Wildman–Crippen MR) is 80.2 cm³/mol. The largest absolute Gasteiger partial charge is 0.508 e. The Hall–Kier alpha value is -1.43. The van der Waals surface area contributed by atoms with Crippen LogP contribution in [0, 0.1) is 12.3 Å². The molecule has 3 nitrogen and oxygen atoms in total. The quantitative estimate of drug-likeness (QED) is 0.368. The van der Waals surface area contributed by atoms with Crippen molar-refractivity contribution in [1.29, 1.82) is 0 Å². The monoisotopic (exact) mass is 278 g/mol. The Labute approximate surface area is 122 Å². The van der Waals surface area contributed by atoms with Gasteiger partial charge in [0.05, 0.1) is 5.57 Å². The number of esters is 1. The van der Waals surface area contributed by atoms with Crippen LogP contribution < -0.4 is 0 Å². The van der Waals surface area contributed by atoms with Crippen molar-refractivity contribution in [2.24, 2.45) is 0 Å². The topological polar surface area (TPSA) is 46.5 Å². The fourth-order valence-electron chi connectivity index (χ4n) is 2.46. The summed E-state index contributed by atoms with van der Waals surface area (Å²) in [4.78, 5) is 11.4. The second-order valence-electron chi connectivity index (χ2n) is 5.44. The minimum Gasteiger partial charge on any atom is -0.508 e. The smallest absolute Gasteiger partial charge is 0.338 e. The van der Waals surface area contributed by atoms with E-state index < -0.39 is 6.10 Å². The maximum absolute atomic E-state index is 11.4. The molecule has 0 fully saturated rings. The number of ether oxygens (including phenoxy) is 1. The first-order valence-corrected chi connectivity index (χ1v) is 7.73. The van der Waals surface area contributed by atoms with Crippen LogP contribution in [0.3, 0.4) is 0 Å². The number of hydrogen-bond acceptors (Lipinski definition) is 3. The number of aliphatic hydroxyl groups is 1. The lowest BCUT2D eigenvalue weighted by Gasteiger charge is -2.02. The van der Waals surface area contributed by atoms with Gasteiger partial charge in [-0.2, -0.15) is 0 Å². The number of aliphatic hydroxyl groups excluding tert-OH is 1. The third-order valence-corrected chi connectivity index (χ3v) is 3.72. The molecule has 1 N–H and O–H groups in total. The van der Waals surface area contributed by atoms with E-state index in [2.05, 4.69) is 5.92 Å². The number of carbonyl (C=O) groups is 1.